The van der Waals surface area contributed by atoms with E-state index < -0.39 is 11.8 Å². The van der Waals surface area contributed by atoms with Crippen molar-refractivity contribution in [2.75, 3.05) is 6.61 Å². The van der Waals surface area contributed by atoms with E-state index in [1.807, 2.05) is 26.0 Å². The van der Waals surface area contributed by atoms with Crippen LogP contribution in [0.2, 0.25) is 0 Å². The maximum atomic E-state index is 13.0. The lowest BCUT2D eigenvalue weighted by Gasteiger charge is -2.28. The van der Waals surface area contributed by atoms with Crippen LogP contribution >= 0.6 is 0 Å². The SMILES string of the molecule is CC(C)=CCCC1=C[C@@](OC/C(=C\Cc2cc(O)ccc2O)CC/C=C(\C)CCC=C(C)C)(c2cc(O)ccc2O)OC1=O. The number of phenols is 4. The number of rotatable bonds is 15. The smallest absolute Gasteiger partial charge is 0.336 e. The number of aromatic hydroxyl groups is 4. The van der Waals surface area contributed by atoms with Crippen LogP contribution in [0.25, 0.3) is 0 Å². The van der Waals surface area contributed by atoms with Gasteiger partial charge < -0.3 is 29.9 Å². The summed E-state index contributed by atoms with van der Waals surface area (Å²) in [7, 11) is 0. The van der Waals surface area contributed by atoms with Gasteiger partial charge in [-0.1, -0.05) is 41.0 Å². The highest BCUT2D eigenvalue weighted by Crippen LogP contribution is 2.43. The first kappa shape index (κ1) is 34.3. The molecule has 2 aromatic carbocycles. The Hall–Kier alpha value is -4.23. The van der Waals surface area contributed by atoms with Crippen LogP contribution in [0.1, 0.15) is 84.3 Å². The van der Waals surface area contributed by atoms with Crippen molar-refractivity contribution < 1.29 is 34.7 Å². The Morgan fingerprint density at radius 2 is 1.43 bits per heavy atom. The fraction of sp³-hybridized carbons (Fsp3) is 0.378. The average molecular weight is 603 g/mol. The molecule has 4 N–H and O–H groups in total. The Balaban J connectivity index is 1.91. The summed E-state index contributed by atoms with van der Waals surface area (Å²) in [5, 5.41) is 41.3. The maximum Gasteiger partial charge on any atom is 0.336 e. The van der Waals surface area contributed by atoms with Crippen LogP contribution in [0.3, 0.4) is 0 Å². The van der Waals surface area contributed by atoms with Crippen LogP contribution in [0.15, 0.2) is 94.6 Å². The second-order valence-electron chi connectivity index (χ2n) is 11.8. The summed E-state index contributed by atoms with van der Waals surface area (Å²) in [4.78, 5) is 13.0. The summed E-state index contributed by atoms with van der Waals surface area (Å²) >= 11 is 0. The number of hydrogen-bond acceptors (Lipinski definition) is 7. The van der Waals surface area contributed by atoms with Gasteiger partial charge in [-0.2, -0.15) is 0 Å². The van der Waals surface area contributed by atoms with Crippen molar-refractivity contribution >= 4 is 5.97 Å². The molecule has 0 saturated carbocycles. The van der Waals surface area contributed by atoms with Crippen LogP contribution in [-0.4, -0.2) is 33.0 Å². The van der Waals surface area contributed by atoms with Gasteiger partial charge in [-0.3, -0.25) is 0 Å². The molecule has 1 atom stereocenters. The van der Waals surface area contributed by atoms with E-state index in [1.54, 1.807) is 6.08 Å². The van der Waals surface area contributed by atoms with Gasteiger partial charge in [0.15, 0.2) is 0 Å². The average Bonchev–Trinajstić information content (AvgIpc) is 3.28. The third kappa shape index (κ3) is 10.2. The Morgan fingerprint density at radius 3 is 2.14 bits per heavy atom. The molecule has 2 aromatic rings. The molecule has 0 spiro atoms. The van der Waals surface area contributed by atoms with Crippen LogP contribution < -0.4 is 0 Å². The molecule has 0 aromatic heterocycles. The summed E-state index contributed by atoms with van der Waals surface area (Å²) in [6, 6.07) is 8.42. The van der Waals surface area contributed by atoms with Gasteiger partial charge >= 0.3 is 5.97 Å². The van der Waals surface area contributed by atoms with E-state index in [9.17, 15) is 25.2 Å². The minimum absolute atomic E-state index is 0.0460. The first-order valence-corrected chi connectivity index (χ1v) is 15.1. The van der Waals surface area contributed by atoms with Crippen LogP contribution in [0.4, 0.5) is 0 Å². The number of ether oxygens (including phenoxy) is 2. The van der Waals surface area contributed by atoms with Crippen LogP contribution in [-0.2, 0) is 26.5 Å². The van der Waals surface area contributed by atoms with E-state index >= 15 is 0 Å². The van der Waals surface area contributed by atoms with Gasteiger partial charge in [-0.15, -0.1) is 0 Å². The molecule has 0 saturated heterocycles. The second kappa shape index (κ2) is 16.0. The lowest BCUT2D eigenvalue weighted by Crippen LogP contribution is -2.30. The normalized spacial score (nSPS) is 16.8. The lowest BCUT2D eigenvalue weighted by atomic mass is 10.0. The Kier molecular flexibility index (Phi) is 12.5. The lowest BCUT2D eigenvalue weighted by molar-refractivity contribution is -0.201. The molecule has 1 heterocycles. The number of hydrogen-bond donors (Lipinski definition) is 4. The van der Waals surface area contributed by atoms with E-state index in [-0.39, 0.29) is 35.2 Å². The quantitative estimate of drug-likeness (QED) is 0.0917. The molecule has 1 aliphatic rings. The molecule has 7 nitrogen and oxygen atoms in total. The number of esters is 1. The molecule has 44 heavy (non-hydrogen) atoms. The van der Waals surface area contributed by atoms with Crippen molar-refractivity contribution in [2.24, 2.45) is 0 Å². The Bertz CT molecular complexity index is 1470. The number of benzene rings is 2. The summed E-state index contributed by atoms with van der Waals surface area (Å²) in [6.07, 6.45) is 14.7. The van der Waals surface area contributed by atoms with Crippen molar-refractivity contribution in [1.29, 1.82) is 0 Å². The molecule has 0 fully saturated rings. The highest BCUT2D eigenvalue weighted by molar-refractivity contribution is 5.91. The van der Waals surface area contributed by atoms with Crippen molar-refractivity contribution in [3.8, 4) is 23.0 Å². The molecule has 1 aliphatic heterocycles. The third-order valence-corrected chi connectivity index (χ3v) is 7.39. The van der Waals surface area contributed by atoms with Crippen LogP contribution in [0.5, 0.6) is 23.0 Å². The van der Waals surface area contributed by atoms with Crippen molar-refractivity contribution in [2.45, 2.75) is 85.4 Å². The zero-order chi connectivity index (χ0) is 32.3. The molecule has 236 valence electrons. The van der Waals surface area contributed by atoms with Crippen LogP contribution in [0, 0.1) is 0 Å². The molecule has 3 rings (SSSR count). The monoisotopic (exact) mass is 602 g/mol. The zero-order valence-electron chi connectivity index (χ0n) is 26.5. The molecule has 0 unspecified atom stereocenters. The van der Waals surface area contributed by atoms with Gasteiger partial charge in [0.05, 0.1) is 12.2 Å². The largest absolute Gasteiger partial charge is 0.508 e. The molecule has 0 bridgehead atoms. The van der Waals surface area contributed by atoms with Crippen molar-refractivity contribution in [3.05, 3.63) is 106 Å². The minimum Gasteiger partial charge on any atom is -0.508 e. The highest BCUT2D eigenvalue weighted by Gasteiger charge is 2.45. The predicted octanol–water partition coefficient (Wildman–Crippen LogP) is 8.55. The van der Waals surface area contributed by atoms with Gasteiger partial charge in [-0.05, 0) is 122 Å². The van der Waals surface area contributed by atoms with E-state index in [0.29, 0.717) is 36.8 Å². The number of carbonyl (C=O) groups is 1. The minimum atomic E-state index is -1.73. The number of carbonyl (C=O) groups excluding carboxylic acids is 1. The third-order valence-electron chi connectivity index (χ3n) is 7.39. The number of cyclic esters (lactones) is 1. The Labute approximate surface area is 261 Å². The second-order valence-corrected chi connectivity index (χ2v) is 11.8. The molecule has 0 aliphatic carbocycles. The van der Waals surface area contributed by atoms with Gasteiger partial charge in [0.2, 0.25) is 0 Å². The summed E-state index contributed by atoms with van der Waals surface area (Å²) in [5.74, 6) is -2.43. The van der Waals surface area contributed by atoms with Crippen molar-refractivity contribution in [3.63, 3.8) is 0 Å². The van der Waals surface area contributed by atoms with Gasteiger partial charge in [0.25, 0.3) is 5.79 Å². The van der Waals surface area contributed by atoms with Gasteiger partial charge in [-0.25, -0.2) is 4.79 Å². The first-order valence-electron chi connectivity index (χ1n) is 15.1. The molecule has 0 radical (unpaired) electrons. The summed E-state index contributed by atoms with van der Waals surface area (Å²) in [5.41, 5.74) is 5.71. The van der Waals surface area contributed by atoms with E-state index in [1.165, 1.54) is 47.5 Å². The van der Waals surface area contributed by atoms with Crippen molar-refractivity contribution in [1.82, 2.24) is 0 Å². The molecular formula is C37H46O7. The number of phenolic OH excluding ortho intramolecular Hbond substituents is 4. The summed E-state index contributed by atoms with van der Waals surface area (Å²) < 4.78 is 12.2. The fourth-order valence-corrected chi connectivity index (χ4v) is 4.91. The highest BCUT2D eigenvalue weighted by atomic mass is 16.7. The van der Waals surface area contributed by atoms with E-state index in [0.717, 1.165) is 30.4 Å². The number of allylic oxidation sites excluding steroid dienone is 7. The van der Waals surface area contributed by atoms with Gasteiger partial charge in [0.1, 0.15) is 23.0 Å². The standard InChI is InChI=1S/C37H46O7/c1-25(2)9-6-11-27(5)12-8-13-28(15-16-29-21-31(38)17-19-34(29)40)24-43-37(33-22-32(39)18-20-35(33)41)23-30(36(42)44-37)14-7-10-26(3)4/h9-10,12,15,17-23,38-41H,6-8,11,13-14,16,24H2,1-5H3/b27-12+,28-15-/t37-/m0/s1. The molecule has 0 amide bonds. The molecular weight excluding hydrogens is 556 g/mol. The maximum absolute atomic E-state index is 13.0. The topological polar surface area (TPSA) is 116 Å². The first-order chi connectivity index (χ1) is 20.9. The fourth-order valence-electron chi connectivity index (χ4n) is 4.91. The van der Waals surface area contributed by atoms with Gasteiger partial charge in [0, 0.05) is 17.2 Å². The predicted molar refractivity (Wildman–Crippen MR) is 173 cm³/mol. The Morgan fingerprint density at radius 1 is 0.795 bits per heavy atom. The molecule has 7 heteroatoms. The zero-order valence-corrected chi connectivity index (χ0v) is 26.5. The van der Waals surface area contributed by atoms with E-state index in [2.05, 4.69) is 32.9 Å². The van der Waals surface area contributed by atoms with E-state index in [4.69, 9.17) is 9.47 Å². The summed E-state index contributed by atoms with van der Waals surface area (Å²) in [6.45, 7) is 10.3.